The predicted octanol–water partition coefficient (Wildman–Crippen LogP) is 4.41. The zero-order valence-corrected chi connectivity index (χ0v) is 20.8. The van der Waals surface area contributed by atoms with E-state index in [-0.39, 0.29) is 24.0 Å². The summed E-state index contributed by atoms with van der Waals surface area (Å²) in [7, 11) is 0. The quantitative estimate of drug-likeness (QED) is 0.238. The molecule has 0 radical (unpaired) electrons. The molecular weight excluding hydrogens is 463 g/mol. The molecule has 0 fully saturated rings. The summed E-state index contributed by atoms with van der Waals surface area (Å²) in [6, 6.07) is 8.92. The normalized spacial score (nSPS) is 12.6. The minimum absolute atomic E-state index is 0. The summed E-state index contributed by atoms with van der Waals surface area (Å²) in [6.45, 7) is 17.2. The maximum atomic E-state index is 5.44. The van der Waals surface area contributed by atoms with Crippen LogP contribution in [0.4, 0.5) is 0 Å². The first-order valence-electron chi connectivity index (χ1n) is 10.6. The molecule has 0 saturated heterocycles. The molecular formula is C22H41IN4O. The van der Waals surface area contributed by atoms with Gasteiger partial charge in [0.05, 0.1) is 13.2 Å². The SMILES string of the molecule is CCNC(=NCc1ccc(COCC)cc1)NC(C)CCCN(CC)CC.I. The van der Waals surface area contributed by atoms with E-state index in [1.807, 2.05) is 6.92 Å². The molecule has 1 atom stereocenters. The standard InChI is InChI=1S/C22H40N4O.HI/c1-6-23-22(25-19(5)11-10-16-26(7-2)8-3)24-17-20-12-14-21(15-13-20)18-27-9-4;/h12-15,19H,6-11,16-18H2,1-5H3,(H2,23,24,25);1H. The lowest BCUT2D eigenvalue weighted by atomic mass is 10.1. The lowest BCUT2D eigenvalue weighted by Crippen LogP contribution is -2.42. The van der Waals surface area contributed by atoms with Crippen molar-refractivity contribution in [3.05, 3.63) is 35.4 Å². The van der Waals surface area contributed by atoms with Crippen LogP contribution in [-0.2, 0) is 17.9 Å². The van der Waals surface area contributed by atoms with E-state index in [2.05, 4.69) is 67.5 Å². The number of nitrogens with one attached hydrogen (secondary N) is 2. The molecule has 0 aliphatic rings. The molecule has 0 heterocycles. The van der Waals surface area contributed by atoms with E-state index in [1.54, 1.807) is 0 Å². The topological polar surface area (TPSA) is 48.9 Å². The number of aliphatic imine (C=N–C) groups is 1. The molecule has 1 unspecified atom stereocenters. The van der Waals surface area contributed by atoms with Gasteiger partial charge in [0.2, 0.25) is 0 Å². The molecule has 0 spiro atoms. The maximum absolute atomic E-state index is 5.44. The van der Waals surface area contributed by atoms with Gasteiger partial charge < -0.3 is 20.3 Å². The fourth-order valence-corrected chi connectivity index (χ4v) is 2.92. The molecule has 5 nitrogen and oxygen atoms in total. The van der Waals surface area contributed by atoms with Crippen molar-refractivity contribution in [1.29, 1.82) is 0 Å². The molecule has 1 rings (SSSR count). The van der Waals surface area contributed by atoms with Crippen LogP contribution < -0.4 is 10.6 Å². The highest BCUT2D eigenvalue weighted by Crippen LogP contribution is 2.07. The second-order valence-electron chi connectivity index (χ2n) is 6.86. The molecule has 28 heavy (non-hydrogen) atoms. The second-order valence-corrected chi connectivity index (χ2v) is 6.86. The van der Waals surface area contributed by atoms with Gasteiger partial charge in [-0.05, 0) is 64.4 Å². The fraction of sp³-hybridized carbons (Fsp3) is 0.682. The van der Waals surface area contributed by atoms with Crippen LogP contribution in [0.25, 0.3) is 0 Å². The van der Waals surface area contributed by atoms with Gasteiger partial charge in [-0.2, -0.15) is 0 Å². The van der Waals surface area contributed by atoms with Gasteiger partial charge in [0.25, 0.3) is 0 Å². The van der Waals surface area contributed by atoms with Crippen LogP contribution in [0.5, 0.6) is 0 Å². The molecule has 0 aliphatic carbocycles. The molecule has 0 saturated carbocycles. The van der Waals surface area contributed by atoms with E-state index in [1.165, 1.54) is 24.1 Å². The fourth-order valence-electron chi connectivity index (χ4n) is 2.92. The summed E-state index contributed by atoms with van der Waals surface area (Å²) >= 11 is 0. The molecule has 0 bridgehead atoms. The zero-order valence-electron chi connectivity index (χ0n) is 18.5. The van der Waals surface area contributed by atoms with Crippen molar-refractivity contribution in [3.63, 3.8) is 0 Å². The Hall–Kier alpha value is -0.860. The van der Waals surface area contributed by atoms with Gasteiger partial charge in [-0.25, -0.2) is 4.99 Å². The number of nitrogens with zero attached hydrogens (tertiary/aromatic N) is 2. The van der Waals surface area contributed by atoms with E-state index in [0.29, 0.717) is 19.2 Å². The Morgan fingerprint density at radius 1 is 1.07 bits per heavy atom. The Morgan fingerprint density at radius 2 is 1.71 bits per heavy atom. The molecule has 2 N–H and O–H groups in total. The number of ether oxygens (including phenoxy) is 1. The molecule has 162 valence electrons. The van der Waals surface area contributed by atoms with Crippen LogP contribution in [0.3, 0.4) is 0 Å². The number of rotatable bonds is 13. The van der Waals surface area contributed by atoms with E-state index in [9.17, 15) is 0 Å². The largest absolute Gasteiger partial charge is 0.377 e. The van der Waals surface area contributed by atoms with Crippen LogP contribution >= 0.6 is 24.0 Å². The summed E-state index contributed by atoms with van der Waals surface area (Å²) in [4.78, 5) is 7.22. The van der Waals surface area contributed by atoms with Crippen molar-refractivity contribution in [2.24, 2.45) is 4.99 Å². The van der Waals surface area contributed by atoms with Crippen LogP contribution in [-0.4, -0.2) is 49.7 Å². The molecule has 1 aromatic rings. The first-order chi connectivity index (χ1) is 13.1. The zero-order chi connectivity index (χ0) is 19.9. The van der Waals surface area contributed by atoms with Crippen molar-refractivity contribution >= 4 is 29.9 Å². The number of hydrogen-bond acceptors (Lipinski definition) is 3. The predicted molar refractivity (Wildman–Crippen MR) is 132 cm³/mol. The summed E-state index contributed by atoms with van der Waals surface area (Å²) in [6.07, 6.45) is 2.35. The molecule has 1 aromatic carbocycles. The number of guanidine groups is 1. The van der Waals surface area contributed by atoms with Crippen molar-refractivity contribution in [2.75, 3.05) is 32.8 Å². The highest BCUT2D eigenvalue weighted by atomic mass is 127. The highest BCUT2D eigenvalue weighted by molar-refractivity contribution is 14.0. The third-order valence-electron chi connectivity index (χ3n) is 4.65. The third kappa shape index (κ3) is 11.9. The Kier molecular flexibility index (Phi) is 16.5. The second kappa shape index (κ2) is 17.0. The van der Waals surface area contributed by atoms with E-state index in [0.717, 1.165) is 38.6 Å². The van der Waals surface area contributed by atoms with Gasteiger partial charge in [-0.1, -0.05) is 38.1 Å². The maximum Gasteiger partial charge on any atom is 0.191 e. The van der Waals surface area contributed by atoms with Crippen LogP contribution in [0.1, 0.15) is 58.6 Å². The van der Waals surface area contributed by atoms with Crippen molar-refractivity contribution in [2.45, 2.75) is 66.7 Å². The summed E-state index contributed by atoms with van der Waals surface area (Å²) in [5.41, 5.74) is 2.41. The van der Waals surface area contributed by atoms with E-state index >= 15 is 0 Å². The molecule has 0 aliphatic heterocycles. The average molecular weight is 505 g/mol. The minimum atomic E-state index is 0. The smallest absolute Gasteiger partial charge is 0.191 e. The summed E-state index contributed by atoms with van der Waals surface area (Å²) in [5.74, 6) is 0.895. The number of hydrogen-bond donors (Lipinski definition) is 2. The Bertz CT molecular complexity index is 518. The van der Waals surface area contributed by atoms with Gasteiger partial charge in [-0.3, -0.25) is 0 Å². The monoisotopic (exact) mass is 504 g/mol. The van der Waals surface area contributed by atoms with Crippen LogP contribution in [0.15, 0.2) is 29.3 Å². The summed E-state index contributed by atoms with van der Waals surface area (Å²) < 4.78 is 5.44. The third-order valence-corrected chi connectivity index (χ3v) is 4.65. The van der Waals surface area contributed by atoms with Gasteiger partial charge in [0, 0.05) is 19.2 Å². The number of benzene rings is 1. The Balaban J connectivity index is 0.00000729. The summed E-state index contributed by atoms with van der Waals surface area (Å²) in [5, 5.41) is 6.89. The van der Waals surface area contributed by atoms with Crippen molar-refractivity contribution in [1.82, 2.24) is 15.5 Å². The minimum Gasteiger partial charge on any atom is -0.377 e. The molecule has 6 heteroatoms. The lowest BCUT2D eigenvalue weighted by Gasteiger charge is -2.21. The van der Waals surface area contributed by atoms with Gasteiger partial charge in [0.15, 0.2) is 5.96 Å². The van der Waals surface area contributed by atoms with Gasteiger partial charge >= 0.3 is 0 Å². The lowest BCUT2D eigenvalue weighted by molar-refractivity contribution is 0.134. The first-order valence-corrected chi connectivity index (χ1v) is 10.6. The van der Waals surface area contributed by atoms with Crippen LogP contribution in [0.2, 0.25) is 0 Å². The molecule has 0 aromatic heterocycles. The van der Waals surface area contributed by atoms with Crippen LogP contribution in [0, 0.1) is 0 Å². The van der Waals surface area contributed by atoms with Crippen molar-refractivity contribution in [3.8, 4) is 0 Å². The Morgan fingerprint density at radius 3 is 2.29 bits per heavy atom. The van der Waals surface area contributed by atoms with Gasteiger partial charge in [0.1, 0.15) is 0 Å². The van der Waals surface area contributed by atoms with Gasteiger partial charge in [-0.15, -0.1) is 24.0 Å². The average Bonchev–Trinajstić information content (AvgIpc) is 2.69. The van der Waals surface area contributed by atoms with E-state index in [4.69, 9.17) is 9.73 Å². The van der Waals surface area contributed by atoms with Crippen molar-refractivity contribution < 1.29 is 4.74 Å². The first kappa shape index (κ1) is 27.1. The highest BCUT2D eigenvalue weighted by Gasteiger charge is 2.06. The van der Waals surface area contributed by atoms with E-state index < -0.39 is 0 Å². The Labute approximate surface area is 189 Å². The number of halogens is 1. The molecule has 0 amide bonds.